The molecule has 0 bridgehead atoms. The lowest BCUT2D eigenvalue weighted by atomic mass is 10.1. The van der Waals surface area contributed by atoms with Gasteiger partial charge >= 0.3 is 0 Å². The Morgan fingerprint density at radius 2 is 2.19 bits per heavy atom. The number of fused-ring (bicyclic) bond motifs is 1. The van der Waals surface area contributed by atoms with E-state index in [-0.39, 0.29) is 6.10 Å². The summed E-state index contributed by atoms with van der Waals surface area (Å²) in [5.74, 6) is 0.809. The molecule has 26 heavy (non-hydrogen) atoms. The molecule has 1 saturated heterocycles. The van der Waals surface area contributed by atoms with Gasteiger partial charge < -0.3 is 14.0 Å². The van der Waals surface area contributed by atoms with Crippen molar-refractivity contribution >= 4 is 11.0 Å². The number of imidazole rings is 1. The van der Waals surface area contributed by atoms with Crippen LogP contribution in [0.4, 0.5) is 0 Å². The van der Waals surface area contributed by atoms with Crippen LogP contribution in [0.1, 0.15) is 12.0 Å². The minimum absolute atomic E-state index is 0.246. The van der Waals surface area contributed by atoms with Gasteiger partial charge in [-0.1, -0.05) is 6.07 Å². The van der Waals surface area contributed by atoms with Crippen LogP contribution in [0, 0.1) is 0 Å². The van der Waals surface area contributed by atoms with Crippen LogP contribution in [0.25, 0.3) is 11.0 Å². The quantitative estimate of drug-likeness (QED) is 0.683. The van der Waals surface area contributed by atoms with Gasteiger partial charge in [0.25, 0.3) is 0 Å². The summed E-state index contributed by atoms with van der Waals surface area (Å²) in [6.45, 7) is 2.42. The van der Waals surface area contributed by atoms with Crippen LogP contribution in [-0.4, -0.2) is 51.8 Å². The number of aryl methyl sites for hydroxylation is 1. The van der Waals surface area contributed by atoms with Crippen molar-refractivity contribution in [3.05, 3.63) is 54.6 Å². The van der Waals surface area contributed by atoms with E-state index in [2.05, 4.69) is 33.1 Å². The highest BCUT2D eigenvalue weighted by molar-refractivity contribution is 5.75. The topological polar surface area (TPSA) is 52.4 Å². The fourth-order valence-corrected chi connectivity index (χ4v) is 3.61. The molecule has 3 aromatic rings. The van der Waals surface area contributed by atoms with E-state index >= 15 is 0 Å². The Kier molecular flexibility index (Phi) is 4.86. The molecular weight excluding hydrogens is 328 g/mol. The Morgan fingerprint density at radius 3 is 3.00 bits per heavy atom. The maximum Gasteiger partial charge on any atom is 0.137 e. The average molecular weight is 352 g/mol. The summed E-state index contributed by atoms with van der Waals surface area (Å²) in [6.07, 6.45) is 6.58. The molecule has 2 aromatic heterocycles. The molecule has 0 saturated carbocycles. The van der Waals surface area contributed by atoms with E-state index in [4.69, 9.17) is 9.47 Å². The largest absolute Gasteiger partial charge is 0.490 e. The van der Waals surface area contributed by atoms with Gasteiger partial charge in [0.1, 0.15) is 12.4 Å². The van der Waals surface area contributed by atoms with Crippen molar-refractivity contribution < 1.29 is 9.47 Å². The molecule has 0 radical (unpaired) electrons. The molecule has 3 heterocycles. The van der Waals surface area contributed by atoms with E-state index in [9.17, 15) is 0 Å². The first-order valence-corrected chi connectivity index (χ1v) is 8.92. The average Bonchev–Trinajstić information content (AvgIpc) is 3.24. The van der Waals surface area contributed by atoms with E-state index in [0.29, 0.717) is 12.6 Å². The number of ether oxygens (including phenoxy) is 2. The molecule has 1 fully saturated rings. The van der Waals surface area contributed by atoms with Gasteiger partial charge in [-0.3, -0.25) is 9.88 Å². The number of pyridine rings is 1. The number of rotatable bonds is 6. The van der Waals surface area contributed by atoms with Gasteiger partial charge in [-0.05, 0) is 36.2 Å². The second-order valence-electron chi connectivity index (χ2n) is 6.85. The van der Waals surface area contributed by atoms with Crippen molar-refractivity contribution in [2.24, 2.45) is 7.05 Å². The molecule has 0 amide bonds. The molecule has 1 aromatic carbocycles. The van der Waals surface area contributed by atoms with Gasteiger partial charge in [0.05, 0.1) is 29.7 Å². The zero-order chi connectivity index (χ0) is 17.9. The number of aromatic nitrogens is 3. The number of methoxy groups -OCH3 is 1. The summed E-state index contributed by atoms with van der Waals surface area (Å²) in [5.41, 5.74) is 3.45. The van der Waals surface area contributed by atoms with E-state index in [1.54, 1.807) is 19.5 Å². The van der Waals surface area contributed by atoms with Crippen molar-refractivity contribution in [2.45, 2.75) is 25.1 Å². The Balaban J connectivity index is 1.46. The minimum atomic E-state index is 0.246. The summed E-state index contributed by atoms with van der Waals surface area (Å²) < 4.78 is 13.6. The molecule has 0 aliphatic carbocycles. The zero-order valence-corrected chi connectivity index (χ0v) is 15.2. The first-order valence-electron chi connectivity index (χ1n) is 8.92. The van der Waals surface area contributed by atoms with Crippen LogP contribution in [0.2, 0.25) is 0 Å². The predicted octanol–water partition coefficient (Wildman–Crippen LogP) is 2.64. The highest BCUT2D eigenvalue weighted by Gasteiger charge is 2.32. The van der Waals surface area contributed by atoms with Gasteiger partial charge in [0.15, 0.2) is 0 Å². The SMILES string of the molecule is CO[C@@H]1C[C@@H](COc2cccnc2)N(Cc2ccc3c(c2)ncn3C)C1. The van der Waals surface area contributed by atoms with Crippen LogP contribution in [0.15, 0.2) is 49.1 Å². The Bertz CT molecular complexity index is 865. The molecular formula is C20H24N4O2. The first-order chi connectivity index (χ1) is 12.7. The summed E-state index contributed by atoms with van der Waals surface area (Å²) >= 11 is 0. The van der Waals surface area contributed by atoms with Crippen LogP contribution < -0.4 is 4.74 Å². The van der Waals surface area contributed by atoms with Crippen molar-refractivity contribution in [3.63, 3.8) is 0 Å². The molecule has 2 atom stereocenters. The van der Waals surface area contributed by atoms with Gasteiger partial charge in [0.2, 0.25) is 0 Å². The second kappa shape index (κ2) is 7.43. The standard InChI is InChI=1S/C20H24N4O2/c1-23-14-22-19-8-15(5-6-20(19)23)11-24-12-18(25-2)9-16(24)13-26-17-4-3-7-21-10-17/h3-8,10,14,16,18H,9,11-13H2,1-2H3/t16-,18+/m0/s1. The molecule has 0 N–H and O–H groups in total. The third-order valence-corrected chi connectivity index (χ3v) is 5.08. The van der Waals surface area contributed by atoms with E-state index in [1.165, 1.54) is 5.56 Å². The number of hydrogen-bond acceptors (Lipinski definition) is 5. The van der Waals surface area contributed by atoms with Crippen LogP contribution in [-0.2, 0) is 18.3 Å². The van der Waals surface area contributed by atoms with Crippen molar-refractivity contribution in [3.8, 4) is 5.75 Å². The van der Waals surface area contributed by atoms with Crippen LogP contribution in [0.3, 0.4) is 0 Å². The van der Waals surface area contributed by atoms with Gasteiger partial charge in [-0.25, -0.2) is 4.98 Å². The van der Waals surface area contributed by atoms with Crippen LogP contribution in [0.5, 0.6) is 5.75 Å². The van der Waals surface area contributed by atoms with Crippen molar-refractivity contribution in [2.75, 3.05) is 20.3 Å². The second-order valence-corrected chi connectivity index (χ2v) is 6.85. The third-order valence-electron chi connectivity index (χ3n) is 5.08. The Labute approximate surface area is 153 Å². The summed E-state index contributed by atoms with van der Waals surface area (Å²) in [5, 5.41) is 0. The summed E-state index contributed by atoms with van der Waals surface area (Å²) in [4.78, 5) is 11.0. The predicted molar refractivity (Wildman–Crippen MR) is 100 cm³/mol. The molecule has 136 valence electrons. The fourth-order valence-electron chi connectivity index (χ4n) is 3.61. The lowest BCUT2D eigenvalue weighted by molar-refractivity contribution is 0.107. The Hall–Kier alpha value is -2.44. The maximum absolute atomic E-state index is 5.95. The molecule has 6 heteroatoms. The molecule has 0 spiro atoms. The number of nitrogens with zero attached hydrogens (tertiary/aromatic N) is 4. The van der Waals surface area contributed by atoms with Gasteiger partial charge in [-0.15, -0.1) is 0 Å². The minimum Gasteiger partial charge on any atom is -0.490 e. The molecule has 6 nitrogen and oxygen atoms in total. The molecule has 1 aliphatic heterocycles. The smallest absolute Gasteiger partial charge is 0.137 e. The molecule has 4 rings (SSSR count). The van der Waals surface area contributed by atoms with Gasteiger partial charge in [-0.2, -0.15) is 0 Å². The lowest BCUT2D eigenvalue weighted by Crippen LogP contribution is -2.33. The summed E-state index contributed by atoms with van der Waals surface area (Å²) in [7, 11) is 3.80. The first kappa shape index (κ1) is 17.0. The highest BCUT2D eigenvalue weighted by Crippen LogP contribution is 2.24. The van der Waals surface area contributed by atoms with E-state index in [0.717, 1.165) is 36.3 Å². The Morgan fingerprint density at radius 1 is 1.27 bits per heavy atom. The highest BCUT2D eigenvalue weighted by atomic mass is 16.5. The summed E-state index contributed by atoms with van der Waals surface area (Å²) in [6, 6.07) is 10.6. The van der Waals surface area contributed by atoms with Crippen molar-refractivity contribution in [1.82, 2.24) is 19.4 Å². The zero-order valence-electron chi connectivity index (χ0n) is 15.2. The third kappa shape index (κ3) is 3.57. The van der Waals surface area contributed by atoms with E-state index < -0.39 is 0 Å². The van der Waals surface area contributed by atoms with Gasteiger partial charge in [0, 0.05) is 39.5 Å². The maximum atomic E-state index is 5.95. The lowest BCUT2D eigenvalue weighted by Gasteiger charge is -2.24. The number of benzene rings is 1. The number of likely N-dealkylation sites (tertiary alicyclic amines) is 1. The van der Waals surface area contributed by atoms with Crippen molar-refractivity contribution in [1.29, 1.82) is 0 Å². The van der Waals surface area contributed by atoms with Crippen LogP contribution >= 0.6 is 0 Å². The molecule has 1 aliphatic rings. The normalized spacial score (nSPS) is 20.7. The number of hydrogen-bond donors (Lipinski definition) is 0. The monoisotopic (exact) mass is 352 g/mol. The molecule has 0 unspecified atom stereocenters. The van der Waals surface area contributed by atoms with E-state index in [1.807, 2.05) is 30.1 Å². The fraction of sp³-hybridized carbons (Fsp3) is 0.400.